The van der Waals surface area contributed by atoms with Gasteiger partial charge in [0.1, 0.15) is 0 Å². The van der Waals surface area contributed by atoms with E-state index < -0.39 is 6.08 Å². The van der Waals surface area contributed by atoms with Crippen LogP contribution in [0.1, 0.15) is 19.3 Å². The Morgan fingerprint density at radius 1 is 1.56 bits per heavy atom. The van der Waals surface area contributed by atoms with Crippen LogP contribution in [0.2, 0.25) is 0 Å². The standard InChI is InChI=1S/C6H9F2N/c7-6(8)4-2-1-3-5(4)9/h5H,1-3,9H2/t5-/m0/s1. The Kier molecular flexibility index (Phi) is 1.81. The van der Waals surface area contributed by atoms with E-state index in [0.29, 0.717) is 12.8 Å². The van der Waals surface area contributed by atoms with E-state index in [1.54, 1.807) is 0 Å². The predicted octanol–water partition coefficient (Wildman–Crippen LogP) is 1.65. The lowest BCUT2D eigenvalue weighted by molar-refractivity contribution is 0.405. The van der Waals surface area contributed by atoms with Gasteiger partial charge in [-0.2, -0.15) is 8.78 Å². The van der Waals surface area contributed by atoms with E-state index in [9.17, 15) is 8.78 Å². The molecule has 2 N–H and O–H groups in total. The van der Waals surface area contributed by atoms with Crippen LogP contribution in [0, 0.1) is 0 Å². The maximum Gasteiger partial charge on any atom is 0.271 e. The highest BCUT2D eigenvalue weighted by atomic mass is 19.3. The quantitative estimate of drug-likeness (QED) is 0.534. The molecule has 0 aromatic heterocycles. The molecule has 0 aromatic rings. The van der Waals surface area contributed by atoms with Gasteiger partial charge in [0, 0.05) is 11.6 Å². The van der Waals surface area contributed by atoms with Crippen molar-refractivity contribution in [3.63, 3.8) is 0 Å². The Bertz CT molecular complexity index is 138. The molecule has 0 spiro atoms. The van der Waals surface area contributed by atoms with Crippen LogP contribution < -0.4 is 5.73 Å². The summed E-state index contributed by atoms with van der Waals surface area (Å²) < 4.78 is 23.6. The van der Waals surface area contributed by atoms with E-state index in [1.165, 1.54) is 0 Å². The molecule has 1 saturated carbocycles. The number of hydrogen-bond acceptors (Lipinski definition) is 1. The molecule has 0 aliphatic heterocycles. The topological polar surface area (TPSA) is 26.0 Å². The Morgan fingerprint density at radius 3 is 2.44 bits per heavy atom. The van der Waals surface area contributed by atoms with Gasteiger partial charge >= 0.3 is 0 Å². The minimum Gasteiger partial charge on any atom is -0.324 e. The third-order valence-corrected chi connectivity index (χ3v) is 1.65. The predicted molar refractivity (Wildman–Crippen MR) is 31.1 cm³/mol. The highest BCUT2D eigenvalue weighted by molar-refractivity contribution is 5.14. The van der Waals surface area contributed by atoms with Gasteiger partial charge in [0.15, 0.2) is 0 Å². The van der Waals surface area contributed by atoms with Crippen molar-refractivity contribution in [1.29, 1.82) is 0 Å². The van der Waals surface area contributed by atoms with E-state index in [2.05, 4.69) is 0 Å². The van der Waals surface area contributed by atoms with Crippen LogP contribution in [0.25, 0.3) is 0 Å². The second-order valence-electron chi connectivity index (χ2n) is 2.28. The fraction of sp³-hybridized carbons (Fsp3) is 0.667. The third kappa shape index (κ3) is 1.27. The first-order chi connectivity index (χ1) is 4.22. The number of nitrogens with two attached hydrogens (primary N) is 1. The molecule has 52 valence electrons. The molecular formula is C6H9F2N. The van der Waals surface area contributed by atoms with Crippen molar-refractivity contribution in [2.45, 2.75) is 25.3 Å². The molecule has 0 saturated heterocycles. The zero-order chi connectivity index (χ0) is 6.85. The molecule has 0 amide bonds. The van der Waals surface area contributed by atoms with Gasteiger partial charge in [-0.05, 0) is 19.3 Å². The zero-order valence-electron chi connectivity index (χ0n) is 5.03. The first kappa shape index (κ1) is 6.68. The first-order valence-corrected chi connectivity index (χ1v) is 3.01. The van der Waals surface area contributed by atoms with Gasteiger partial charge in [-0.3, -0.25) is 0 Å². The van der Waals surface area contributed by atoms with Crippen molar-refractivity contribution in [3.05, 3.63) is 11.7 Å². The van der Waals surface area contributed by atoms with E-state index in [4.69, 9.17) is 5.73 Å². The fourth-order valence-corrected chi connectivity index (χ4v) is 1.11. The zero-order valence-corrected chi connectivity index (χ0v) is 5.03. The summed E-state index contributed by atoms with van der Waals surface area (Å²) in [6.07, 6.45) is 0.448. The van der Waals surface area contributed by atoms with Crippen molar-refractivity contribution in [3.8, 4) is 0 Å². The van der Waals surface area contributed by atoms with E-state index in [1.807, 2.05) is 0 Å². The lowest BCUT2D eigenvalue weighted by atomic mass is 10.2. The van der Waals surface area contributed by atoms with E-state index >= 15 is 0 Å². The summed E-state index contributed by atoms with van der Waals surface area (Å²) in [5, 5.41) is 0. The van der Waals surface area contributed by atoms with Gasteiger partial charge in [-0.1, -0.05) is 0 Å². The largest absolute Gasteiger partial charge is 0.324 e. The van der Waals surface area contributed by atoms with Gasteiger partial charge in [0.25, 0.3) is 6.08 Å². The van der Waals surface area contributed by atoms with E-state index in [-0.39, 0.29) is 11.6 Å². The molecule has 1 fully saturated rings. The molecule has 0 unspecified atom stereocenters. The Morgan fingerprint density at radius 2 is 2.22 bits per heavy atom. The highest BCUT2D eigenvalue weighted by Crippen LogP contribution is 2.26. The Labute approximate surface area is 52.5 Å². The van der Waals surface area contributed by atoms with Crippen LogP contribution in [0.3, 0.4) is 0 Å². The number of halogens is 2. The van der Waals surface area contributed by atoms with Crippen molar-refractivity contribution >= 4 is 0 Å². The molecule has 1 aliphatic carbocycles. The molecule has 9 heavy (non-hydrogen) atoms. The van der Waals surface area contributed by atoms with Crippen LogP contribution in [0.4, 0.5) is 8.78 Å². The third-order valence-electron chi connectivity index (χ3n) is 1.65. The molecular weight excluding hydrogens is 124 g/mol. The summed E-state index contributed by atoms with van der Waals surface area (Å²) in [5.41, 5.74) is 5.50. The summed E-state index contributed by atoms with van der Waals surface area (Å²) in [7, 11) is 0. The second kappa shape index (κ2) is 2.43. The maximum atomic E-state index is 11.8. The Balaban J connectivity index is 2.70. The van der Waals surface area contributed by atoms with Gasteiger partial charge in [-0.25, -0.2) is 0 Å². The van der Waals surface area contributed by atoms with Crippen molar-refractivity contribution in [2.24, 2.45) is 5.73 Å². The van der Waals surface area contributed by atoms with Crippen molar-refractivity contribution in [2.75, 3.05) is 0 Å². The van der Waals surface area contributed by atoms with Gasteiger partial charge in [0.05, 0.1) is 0 Å². The molecule has 0 radical (unpaired) electrons. The minimum absolute atomic E-state index is 0.162. The molecule has 0 heterocycles. The lowest BCUT2D eigenvalue weighted by Gasteiger charge is -2.00. The van der Waals surface area contributed by atoms with Gasteiger partial charge in [0.2, 0.25) is 0 Å². The summed E-state index contributed by atoms with van der Waals surface area (Å²) >= 11 is 0. The van der Waals surface area contributed by atoms with Gasteiger partial charge in [-0.15, -0.1) is 0 Å². The molecule has 1 rings (SSSR count). The normalized spacial score (nSPS) is 27.0. The van der Waals surface area contributed by atoms with Crippen LogP contribution >= 0.6 is 0 Å². The maximum absolute atomic E-state index is 11.8. The second-order valence-corrected chi connectivity index (χ2v) is 2.28. The number of rotatable bonds is 0. The molecule has 1 nitrogen and oxygen atoms in total. The molecule has 1 aliphatic rings. The molecule has 3 heteroatoms. The smallest absolute Gasteiger partial charge is 0.271 e. The van der Waals surface area contributed by atoms with Gasteiger partial charge < -0.3 is 5.73 Å². The molecule has 1 atom stereocenters. The Hall–Kier alpha value is -0.440. The summed E-state index contributed by atoms with van der Waals surface area (Å²) in [5.74, 6) is 0. The van der Waals surface area contributed by atoms with E-state index in [0.717, 1.165) is 6.42 Å². The van der Waals surface area contributed by atoms with Crippen LogP contribution in [-0.4, -0.2) is 6.04 Å². The summed E-state index contributed by atoms with van der Waals surface area (Å²) in [6, 6.07) is -0.366. The number of hydrogen-bond donors (Lipinski definition) is 1. The highest BCUT2D eigenvalue weighted by Gasteiger charge is 2.20. The average molecular weight is 133 g/mol. The summed E-state index contributed by atoms with van der Waals surface area (Å²) in [4.78, 5) is 0. The minimum atomic E-state index is -1.57. The SMILES string of the molecule is N[C@H]1CCCC1=C(F)F. The first-order valence-electron chi connectivity index (χ1n) is 3.01. The van der Waals surface area contributed by atoms with Crippen LogP contribution in [0.15, 0.2) is 11.7 Å². The average Bonchev–Trinajstić information content (AvgIpc) is 2.13. The fourth-order valence-electron chi connectivity index (χ4n) is 1.11. The van der Waals surface area contributed by atoms with Crippen molar-refractivity contribution < 1.29 is 8.78 Å². The monoisotopic (exact) mass is 133 g/mol. The molecule has 0 aromatic carbocycles. The summed E-state index contributed by atoms with van der Waals surface area (Å²) in [6.45, 7) is 0. The van der Waals surface area contributed by atoms with Crippen LogP contribution in [0.5, 0.6) is 0 Å². The molecule has 0 bridgehead atoms. The lowest BCUT2D eigenvalue weighted by Crippen LogP contribution is -2.17. The van der Waals surface area contributed by atoms with Crippen molar-refractivity contribution in [1.82, 2.24) is 0 Å². The van der Waals surface area contributed by atoms with Crippen LogP contribution in [-0.2, 0) is 0 Å².